The van der Waals surface area contributed by atoms with Crippen molar-refractivity contribution in [3.05, 3.63) is 27.9 Å². The Balaban J connectivity index is 3.18. The van der Waals surface area contributed by atoms with Crippen molar-refractivity contribution in [2.24, 2.45) is 0 Å². The second-order valence-corrected chi connectivity index (χ2v) is 4.50. The van der Waals surface area contributed by atoms with E-state index < -0.39 is 10.8 Å². The Morgan fingerprint density at radius 3 is 2.86 bits per heavy atom. The van der Waals surface area contributed by atoms with E-state index in [-0.39, 0.29) is 23.7 Å². The smallest absolute Gasteiger partial charge is 0.288 e. The second-order valence-electron chi connectivity index (χ2n) is 4.50. The summed E-state index contributed by atoms with van der Waals surface area (Å²) in [6.07, 6.45) is 1.29. The fourth-order valence-corrected chi connectivity index (χ4v) is 1.68. The fraction of sp³-hybridized carbons (Fsp3) is 0.462. The van der Waals surface area contributed by atoms with Crippen LogP contribution in [-0.2, 0) is 0 Å². The summed E-state index contributed by atoms with van der Waals surface area (Å²) in [5, 5.41) is 22.4. The number of aromatic nitrogens is 1. The third-order valence-corrected chi connectivity index (χ3v) is 3.03. The van der Waals surface area contributed by atoms with Crippen LogP contribution in [0.15, 0.2) is 12.3 Å². The molecule has 1 heterocycles. The number of nitrogens with one attached hydrogen (secondary N) is 1. The van der Waals surface area contributed by atoms with E-state index in [9.17, 15) is 14.9 Å². The van der Waals surface area contributed by atoms with Crippen LogP contribution in [0.3, 0.4) is 0 Å². The van der Waals surface area contributed by atoms with Crippen molar-refractivity contribution < 1.29 is 9.72 Å². The van der Waals surface area contributed by atoms with Crippen LogP contribution in [0.5, 0.6) is 0 Å². The number of nitrogens with zero attached hydrogens (tertiary/aromatic N) is 4. The number of hydrogen-bond acceptors (Lipinski definition) is 6. The first-order chi connectivity index (χ1) is 9.92. The molecule has 0 radical (unpaired) electrons. The molecule has 0 aliphatic carbocycles. The Bertz CT molecular complexity index is 582. The maximum Gasteiger partial charge on any atom is 0.288 e. The molecule has 1 aromatic heterocycles. The molecule has 1 rings (SSSR count). The number of rotatable bonds is 6. The summed E-state index contributed by atoms with van der Waals surface area (Å²) in [5.41, 5.74) is -0.125. The molecule has 8 nitrogen and oxygen atoms in total. The third-order valence-electron chi connectivity index (χ3n) is 3.03. The monoisotopic (exact) mass is 291 g/mol. The Hall–Kier alpha value is -2.69. The largest absolute Gasteiger partial charge is 0.370 e. The van der Waals surface area contributed by atoms with Crippen LogP contribution in [0, 0.1) is 21.4 Å². The van der Waals surface area contributed by atoms with Crippen LogP contribution in [0.2, 0.25) is 0 Å². The highest BCUT2D eigenvalue weighted by atomic mass is 16.6. The zero-order valence-corrected chi connectivity index (χ0v) is 12.2. The number of anilines is 1. The number of carbonyl (C=O) groups is 1. The zero-order valence-electron chi connectivity index (χ0n) is 12.2. The van der Waals surface area contributed by atoms with Crippen LogP contribution >= 0.6 is 0 Å². The van der Waals surface area contributed by atoms with Gasteiger partial charge in [-0.3, -0.25) is 14.9 Å². The van der Waals surface area contributed by atoms with Gasteiger partial charge in [0.2, 0.25) is 0 Å². The van der Waals surface area contributed by atoms with E-state index in [1.807, 2.05) is 13.0 Å². The molecule has 0 fully saturated rings. The summed E-state index contributed by atoms with van der Waals surface area (Å²) in [4.78, 5) is 28.0. The number of nitriles is 1. The van der Waals surface area contributed by atoms with Crippen LogP contribution in [0.1, 0.15) is 30.6 Å². The van der Waals surface area contributed by atoms with Crippen LogP contribution in [0.4, 0.5) is 11.5 Å². The van der Waals surface area contributed by atoms with E-state index in [0.717, 1.165) is 6.20 Å². The van der Waals surface area contributed by atoms with Crippen molar-refractivity contribution in [2.45, 2.75) is 26.3 Å². The minimum absolute atomic E-state index is 0.123. The predicted octanol–water partition coefficient (Wildman–Crippen LogP) is 1.80. The first-order valence-electron chi connectivity index (χ1n) is 6.44. The highest BCUT2D eigenvalue weighted by Gasteiger charge is 2.23. The van der Waals surface area contributed by atoms with Gasteiger partial charge in [-0.2, -0.15) is 5.26 Å². The van der Waals surface area contributed by atoms with Gasteiger partial charge in [0.05, 0.1) is 23.0 Å². The average molecular weight is 291 g/mol. The van der Waals surface area contributed by atoms with Gasteiger partial charge in [-0.1, -0.05) is 0 Å². The number of nitro groups is 1. The molecule has 0 aromatic carbocycles. The molecular weight excluding hydrogens is 274 g/mol. The van der Waals surface area contributed by atoms with E-state index in [2.05, 4.69) is 10.3 Å². The Kier molecular flexibility index (Phi) is 5.60. The zero-order chi connectivity index (χ0) is 16.0. The number of pyridine rings is 1. The van der Waals surface area contributed by atoms with Crippen molar-refractivity contribution >= 4 is 17.4 Å². The van der Waals surface area contributed by atoms with Gasteiger partial charge in [0.25, 0.3) is 11.6 Å². The fourth-order valence-electron chi connectivity index (χ4n) is 1.68. The summed E-state index contributed by atoms with van der Waals surface area (Å²) in [7, 11) is 1.55. The molecule has 1 atom stereocenters. The van der Waals surface area contributed by atoms with Gasteiger partial charge in [0.1, 0.15) is 12.0 Å². The normalized spacial score (nSPS) is 11.3. The summed E-state index contributed by atoms with van der Waals surface area (Å²) < 4.78 is 0. The van der Waals surface area contributed by atoms with Crippen LogP contribution < -0.4 is 5.32 Å². The SMILES string of the molecule is CCNc1ncc([N+](=O)[O-])cc1C(=O)N(C)C(C)CC#N. The van der Waals surface area contributed by atoms with Crippen molar-refractivity contribution in [3.8, 4) is 6.07 Å². The summed E-state index contributed by atoms with van der Waals surface area (Å²) in [5.74, 6) is -0.117. The van der Waals surface area contributed by atoms with Crippen molar-refractivity contribution in [2.75, 3.05) is 18.9 Å². The van der Waals surface area contributed by atoms with E-state index in [1.54, 1.807) is 14.0 Å². The quantitative estimate of drug-likeness (QED) is 0.631. The lowest BCUT2D eigenvalue weighted by Gasteiger charge is -2.23. The molecule has 1 unspecified atom stereocenters. The van der Waals surface area contributed by atoms with Gasteiger partial charge in [0, 0.05) is 25.7 Å². The molecule has 112 valence electrons. The molecule has 1 N–H and O–H groups in total. The van der Waals surface area contributed by atoms with Gasteiger partial charge in [-0.05, 0) is 13.8 Å². The van der Waals surface area contributed by atoms with Crippen LogP contribution in [-0.4, -0.2) is 40.3 Å². The molecule has 0 saturated heterocycles. The van der Waals surface area contributed by atoms with Gasteiger partial charge in [-0.15, -0.1) is 0 Å². The molecule has 1 amide bonds. The molecule has 0 saturated carbocycles. The summed E-state index contributed by atoms with van der Waals surface area (Å²) >= 11 is 0. The molecule has 0 spiro atoms. The van der Waals surface area contributed by atoms with E-state index >= 15 is 0 Å². The molecule has 8 heteroatoms. The summed E-state index contributed by atoms with van der Waals surface area (Å²) in [6, 6.07) is 2.89. The van der Waals surface area contributed by atoms with Crippen molar-refractivity contribution in [1.82, 2.24) is 9.88 Å². The van der Waals surface area contributed by atoms with Crippen molar-refractivity contribution in [3.63, 3.8) is 0 Å². The number of hydrogen-bond donors (Lipinski definition) is 1. The standard InChI is InChI=1S/C13H17N5O3/c1-4-15-12-11(7-10(8-16-12)18(20)21)13(19)17(3)9(2)5-6-14/h7-9H,4-5H2,1-3H3,(H,15,16). The first kappa shape index (κ1) is 16.4. The van der Waals surface area contributed by atoms with Gasteiger partial charge < -0.3 is 10.2 Å². The Labute approximate surface area is 122 Å². The average Bonchev–Trinajstić information content (AvgIpc) is 2.46. The maximum atomic E-state index is 12.4. The molecular formula is C13H17N5O3. The Morgan fingerprint density at radius 2 is 2.33 bits per heavy atom. The van der Waals surface area contributed by atoms with Gasteiger partial charge >= 0.3 is 0 Å². The second kappa shape index (κ2) is 7.19. The van der Waals surface area contributed by atoms with E-state index in [4.69, 9.17) is 5.26 Å². The highest BCUT2D eigenvalue weighted by Crippen LogP contribution is 2.21. The molecule has 21 heavy (non-hydrogen) atoms. The van der Waals surface area contributed by atoms with E-state index in [0.29, 0.717) is 12.4 Å². The highest BCUT2D eigenvalue weighted by molar-refractivity contribution is 5.99. The van der Waals surface area contributed by atoms with Gasteiger partial charge in [-0.25, -0.2) is 4.98 Å². The topological polar surface area (TPSA) is 112 Å². The summed E-state index contributed by atoms with van der Waals surface area (Å²) in [6.45, 7) is 4.10. The lowest BCUT2D eigenvalue weighted by atomic mass is 10.1. The lowest BCUT2D eigenvalue weighted by Crippen LogP contribution is -2.35. The van der Waals surface area contributed by atoms with Gasteiger partial charge in [0.15, 0.2) is 0 Å². The third kappa shape index (κ3) is 3.89. The minimum Gasteiger partial charge on any atom is -0.370 e. The number of amides is 1. The molecule has 1 aromatic rings. The first-order valence-corrected chi connectivity index (χ1v) is 6.44. The van der Waals surface area contributed by atoms with E-state index in [1.165, 1.54) is 11.0 Å². The lowest BCUT2D eigenvalue weighted by molar-refractivity contribution is -0.385. The molecule has 0 aliphatic rings. The predicted molar refractivity (Wildman–Crippen MR) is 76.8 cm³/mol. The molecule has 0 aliphatic heterocycles. The Morgan fingerprint density at radius 1 is 1.67 bits per heavy atom. The van der Waals surface area contributed by atoms with Crippen LogP contribution in [0.25, 0.3) is 0 Å². The number of carbonyl (C=O) groups excluding carboxylic acids is 1. The maximum absolute atomic E-state index is 12.4. The van der Waals surface area contributed by atoms with Crippen molar-refractivity contribution in [1.29, 1.82) is 5.26 Å². The minimum atomic E-state index is -0.599. The molecule has 0 bridgehead atoms.